The fourth-order valence-electron chi connectivity index (χ4n) is 2.31. The van der Waals surface area contributed by atoms with Crippen LogP contribution in [0.1, 0.15) is 6.92 Å². The second-order valence-corrected chi connectivity index (χ2v) is 7.73. The predicted octanol–water partition coefficient (Wildman–Crippen LogP) is 2.70. The van der Waals surface area contributed by atoms with Crippen LogP contribution in [-0.4, -0.2) is 51.9 Å². The van der Waals surface area contributed by atoms with E-state index in [0.29, 0.717) is 21.8 Å². The normalized spacial score (nSPS) is 20.8. The van der Waals surface area contributed by atoms with Gasteiger partial charge in [0.1, 0.15) is 6.54 Å². The van der Waals surface area contributed by atoms with Crippen molar-refractivity contribution in [1.82, 2.24) is 4.90 Å². The van der Waals surface area contributed by atoms with Crippen molar-refractivity contribution < 1.29 is 9.59 Å². The van der Waals surface area contributed by atoms with Crippen molar-refractivity contribution in [1.29, 1.82) is 0 Å². The number of amidine groups is 1. The molecule has 0 radical (unpaired) electrons. The molecule has 1 atom stereocenters. The van der Waals surface area contributed by atoms with Gasteiger partial charge in [-0.2, -0.15) is 0 Å². The number of anilines is 1. The van der Waals surface area contributed by atoms with E-state index in [9.17, 15) is 9.59 Å². The molecule has 1 aromatic rings. The highest BCUT2D eigenvalue weighted by Crippen LogP contribution is 2.27. The monoisotopic (exact) mass is 369 g/mol. The lowest BCUT2D eigenvalue weighted by Gasteiger charge is -2.24. The van der Waals surface area contributed by atoms with Crippen molar-refractivity contribution in [2.75, 3.05) is 28.8 Å². The van der Waals surface area contributed by atoms with Crippen LogP contribution in [-0.2, 0) is 9.59 Å². The number of aliphatic imine (C=N–C) groups is 1. The van der Waals surface area contributed by atoms with Gasteiger partial charge in [-0.25, -0.2) is 0 Å². The Labute approximate surface area is 148 Å². The number of carbonyl (C=O) groups excluding carboxylic acids is 2. The summed E-state index contributed by atoms with van der Waals surface area (Å²) in [6.45, 7) is 2.09. The molecule has 2 aliphatic heterocycles. The molecule has 3 rings (SSSR count). The number of nitrogens with zero attached hydrogens (tertiary/aromatic N) is 3. The molecule has 0 bridgehead atoms. The van der Waals surface area contributed by atoms with Gasteiger partial charge in [-0.05, 0) is 31.2 Å². The van der Waals surface area contributed by atoms with Gasteiger partial charge in [0.15, 0.2) is 5.17 Å². The molecular weight excluding hydrogens is 354 g/mol. The van der Waals surface area contributed by atoms with Crippen molar-refractivity contribution in [2.24, 2.45) is 4.99 Å². The van der Waals surface area contributed by atoms with Gasteiger partial charge >= 0.3 is 0 Å². The zero-order valence-electron chi connectivity index (χ0n) is 12.6. The molecule has 0 aliphatic carbocycles. The van der Waals surface area contributed by atoms with Crippen LogP contribution in [0.3, 0.4) is 0 Å². The van der Waals surface area contributed by atoms with Gasteiger partial charge < -0.3 is 4.90 Å². The van der Waals surface area contributed by atoms with Crippen LogP contribution in [0.4, 0.5) is 5.69 Å². The first kappa shape index (κ1) is 16.7. The standard InChI is InChI=1S/C15H16ClN3O2S2/c1-10-7-23-15(17-10)19(12-4-2-11(16)3-5-12)13(20)6-18-9-22-8-14(18)21/h2-5,10H,6-9H2,1H3/t10-/m0/s1. The summed E-state index contributed by atoms with van der Waals surface area (Å²) in [6.07, 6.45) is 0. The van der Waals surface area contributed by atoms with Crippen molar-refractivity contribution in [3.63, 3.8) is 0 Å². The van der Waals surface area contributed by atoms with Gasteiger partial charge in [-0.1, -0.05) is 23.4 Å². The third-order valence-electron chi connectivity index (χ3n) is 3.46. The number of amides is 2. The highest BCUT2D eigenvalue weighted by atomic mass is 35.5. The minimum Gasteiger partial charge on any atom is -0.323 e. The summed E-state index contributed by atoms with van der Waals surface area (Å²) < 4.78 is 0. The Morgan fingerprint density at radius 2 is 2.17 bits per heavy atom. The summed E-state index contributed by atoms with van der Waals surface area (Å²) in [5.41, 5.74) is 0.721. The van der Waals surface area contributed by atoms with Gasteiger partial charge in [0.25, 0.3) is 5.91 Å². The first-order chi connectivity index (χ1) is 11.0. The number of thioether (sulfide) groups is 2. The maximum atomic E-state index is 12.8. The highest BCUT2D eigenvalue weighted by Gasteiger charge is 2.30. The van der Waals surface area contributed by atoms with Gasteiger partial charge in [0.2, 0.25) is 5.91 Å². The molecule has 1 aromatic carbocycles. The Morgan fingerprint density at radius 3 is 2.74 bits per heavy atom. The average molecular weight is 370 g/mol. The number of hydrogen-bond acceptors (Lipinski definition) is 5. The van der Waals surface area contributed by atoms with Crippen LogP contribution < -0.4 is 4.90 Å². The van der Waals surface area contributed by atoms with Crippen LogP contribution in [0, 0.1) is 0 Å². The maximum Gasteiger partial charge on any atom is 0.252 e. The molecule has 2 aliphatic rings. The predicted molar refractivity (Wildman–Crippen MR) is 97.3 cm³/mol. The lowest BCUT2D eigenvalue weighted by atomic mass is 10.3. The van der Waals surface area contributed by atoms with Crippen LogP contribution in [0.2, 0.25) is 5.02 Å². The van der Waals surface area contributed by atoms with E-state index in [2.05, 4.69) is 4.99 Å². The van der Waals surface area contributed by atoms with Crippen molar-refractivity contribution in [2.45, 2.75) is 13.0 Å². The van der Waals surface area contributed by atoms with Crippen molar-refractivity contribution in [3.05, 3.63) is 29.3 Å². The third-order valence-corrected chi connectivity index (χ3v) is 5.85. The smallest absolute Gasteiger partial charge is 0.252 e. The fourth-order valence-corrected chi connectivity index (χ4v) is 4.39. The number of halogens is 1. The summed E-state index contributed by atoms with van der Waals surface area (Å²) in [5.74, 6) is 1.72. The summed E-state index contributed by atoms with van der Waals surface area (Å²) >= 11 is 9.03. The van der Waals surface area contributed by atoms with Crippen molar-refractivity contribution >= 4 is 57.8 Å². The Morgan fingerprint density at radius 1 is 1.43 bits per heavy atom. The number of hydrogen-bond donors (Lipinski definition) is 0. The molecule has 8 heteroatoms. The molecule has 0 aromatic heterocycles. The first-order valence-electron chi connectivity index (χ1n) is 7.19. The first-order valence-corrected chi connectivity index (χ1v) is 9.71. The second-order valence-electron chi connectivity index (χ2n) is 5.35. The van der Waals surface area contributed by atoms with E-state index in [-0.39, 0.29) is 24.4 Å². The molecule has 1 fully saturated rings. The van der Waals surface area contributed by atoms with E-state index in [1.165, 1.54) is 11.8 Å². The maximum absolute atomic E-state index is 12.8. The Balaban J connectivity index is 1.85. The molecule has 5 nitrogen and oxygen atoms in total. The molecule has 0 unspecified atom stereocenters. The lowest BCUT2D eigenvalue weighted by molar-refractivity contribution is -0.131. The SMILES string of the molecule is C[C@H]1CSC(N(C(=O)CN2CSCC2=O)c2ccc(Cl)cc2)=N1. The Kier molecular flexibility index (Phi) is 5.18. The van der Waals surface area contributed by atoms with Gasteiger partial charge in [-0.3, -0.25) is 19.5 Å². The Bertz CT molecular complexity index is 651. The molecule has 2 amide bonds. The molecule has 122 valence electrons. The van der Waals surface area contributed by atoms with E-state index >= 15 is 0 Å². The average Bonchev–Trinajstić information content (AvgIpc) is 3.11. The number of carbonyl (C=O) groups is 2. The highest BCUT2D eigenvalue weighted by molar-refractivity contribution is 8.14. The van der Waals surface area contributed by atoms with Crippen LogP contribution in [0.5, 0.6) is 0 Å². The zero-order chi connectivity index (χ0) is 16.4. The lowest BCUT2D eigenvalue weighted by Crippen LogP contribution is -2.43. The van der Waals surface area contributed by atoms with Crippen LogP contribution >= 0.6 is 35.1 Å². The number of rotatable bonds is 3. The topological polar surface area (TPSA) is 53.0 Å². The number of benzene rings is 1. The zero-order valence-corrected chi connectivity index (χ0v) is 15.0. The minimum absolute atomic E-state index is 0.00814. The summed E-state index contributed by atoms with van der Waals surface area (Å²) in [4.78, 5) is 32.3. The molecular formula is C15H16ClN3O2S2. The molecule has 23 heavy (non-hydrogen) atoms. The summed E-state index contributed by atoms with van der Waals surface area (Å²) in [6, 6.07) is 7.27. The van der Waals surface area contributed by atoms with E-state index in [0.717, 1.165) is 11.4 Å². The summed E-state index contributed by atoms with van der Waals surface area (Å²) in [7, 11) is 0. The van der Waals surface area contributed by atoms with E-state index in [4.69, 9.17) is 11.6 Å². The molecule has 0 N–H and O–H groups in total. The van der Waals surface area contributed by atoms with Gasteiger partial charge in [0, 0.05) is 10.8 Å². The third kappa shape index (κ3) is 3.84. The van der Waals surface area contributed by atoms with Crippen LogP contribution in [0.25, 0.3) is 0 Å². The minimum atomic E-state index is -0.150. The summed E-state index contributed by atoms with van der Waals surface area (Å²) in [5, 5.41) is 1.30. The fraction of sp³-hybridized carbons (Fsp3) is 0.400. The quantitative estimate of drug-likeness (QED) is 0.822. The largest absolute Gasteiger partial charge is 0.323 e. The second kappa shape index (κ2) is 7.15. The molecule has 0 saturated carbocycles. The molecule has 0 spiro atoms. The van der Waals surface area contributed by atoms with E-state index in [1.807, 2.05) is 6.92 Å². The van der Waals surface area contributed by atoms with Crippen molar-refractivity contribution in [3.8, 4) is 0 Å². The molecule has 2 heterocycles. The molecule has 1 saturated heterocycles. The van der Waals surface area contributed by atoms with E-state index < -0.39 is 0 Å². The van der Waals surface area contributed by atoms with Gasteiger partial charge in [-0.15, -0.1) is 11.8 Å². The van der Waals surface area contributed by atoms with E-state index in [1.54, 1.807) is 45.8 Å². The Hall–Kier alpha value is -1.18. The van der Waals surface area contributed by atoms with Crippen LogP contribution in [0.15, 0.2) is 29.3 Å². The van der Waals surface area contributed by atoms with Gasteiger partial charge in [0.05, 0.1) is 23.4 Å².